The summed E-state index contributed by atoms with van der Waals surface area (Å²) in [4.78, 5) is 21.4. The molecule has 2 aromatic rings. The predicted molar refractivity (Wildman–Crippen MR) is 107 cm³/mol. The van der Waals surface area contributed by atoms with Gasteiger partial charge in [0.1, 0.15) is 18.6 Å². The fourth-order valence-corrected chi connectivity index (χ4v) is 3.43. The van der Waals surface area contributed by atoms with Gasteiger partial charge in [-0.1, -0.05) is 6.42 Å². The number of hydrogen-bond donors (Lipinski definition) is 1. The van der Waals surface area contributed by atoms with Crippen molar-refractivity contribution in [3.63, 3.8) is 0 Å². The zero-order chi connectivity index (χ0) is 19.3. The molecule has 1 amide bonds. The van der Waals surface area contributed by atoms with Gasteiger partial charge in [0.15, 0.2) is 11.6 Å². The first kappa shape index (κ1) is 19.0. The molecule has 0 radical (unpaired) electrons. The maximum absolute atomic E-state index is 12.3. The molecule has 1 aliphatic heterocycles. The third-order valence-corrected chi connectivity index (χ3v) is 5.59. The summed E-state index contributed by atoms with van der Waals surface area (Å²) in [7, 11) is 2.16. The first-order chi connectivity index (χ1) is 13.7. The number of ether oxygens (including phenoxy) is 1. The average Bonchev–Trinajstić information content (AvgIpc) is 3.13. The van der Waals surface area contributed by atoms with E-state index in [9.17, 15) is 4.79 Å². The summed E-state index contributed by atoms with van der Waals surface area (Å²) in [5.74, 6) is 1.61. The van der Waals surface area contributed by atoms with E-state index in [4.69, 9.17) is 9.15 Å². The van der Waals surface area contributed by atoms with E-state index in [0.29, 0.717) is 29.8 Å². The highest BCUT2D eigenvalue weighted by molar-refractivity contribution is 6.02. The number of hydrogen-bond acceptors (Lipinski definition) is 6. The molecule has 0 bridgehead atoms. The molecule has 1 aliphatic carbocycles. The number of amides is 1. The number of nitrogens with zero attached hydrogens (tertiary/aromatic N) is 3. The second-order valence-electron chi connectivity index (χ2n) is 7.67. The van der Waals surface area contributed by atoms with Gasteiger partial charge < -0.3 is 19.4 Å². The van der Waals surface area contributed by atoms with Gasteiger partial charge in [-0.3, -0.25) is 9.69 Å². The smallest absolute Gasteiger partial charge is 0.277 e. The van der Waals surface area contributed by atoms with Crippen molar-refractivity contribution in [3.8, 4) is 5.75 Å². The molecule has 0 atom stereocenters. The van der Waals surface area contributed by atoms with E-state index in [-0.39, 0.29) is 5.91 Å². The number of likely N-dealkylation sites (N-methyl/N-ethyl adjacent to an activating group) is 1. The van der Waals surface area contributed by atoms with Crippen LogP contribution in [-0.2, 0) is 0 Å². The highest BCUT2D eigenvalue weighted by atomic mass is 16.5. The second kappa shape index (κ2) is 8.75. The van der Waals surface area contributed by atoms with Crippen molar-refractivity contribution < 1.29 is 13.9 Å². The lowest BCUT2D eigenvalue weighted by Gasteiger charge is -2.32. The van der Waals surface area contributed by atoms with Crippen LogP contribution in [0.2, 0.25) is 0 Å². The van der Waals surface area contributed by atoms with Gasteiger partial charge in [-0.25, -0.2) is 4.98 Å². The Morgan fingerprint density at radius 2 is 1.96 bits per heavy atom. The molecule has 7 heteroatoms. The van der Waals surface area contributed by atoms with Crippen molar-refractivity contribution in [2.45, 2.75) is 25.2 Å². The van der Waals surface area contributed by atoms with Crippen molar-refractivity contribution >= 4 is 11.6 Å². The number of oxazole rings is 1. The minimum atomic E-state index is -0.252. The molecule has 2 aliphatic rings. The van der Waals surface area contributed by atoms with E-state index in [2.05, 4.69) is 27.1 Å². The molecule has 28 heavy (non-hydrogen) atoms. The quantitative estimate of drug-likeness (QED) is 0.792. The van der Waals surface area contributed by atoms with Crippen molar-refractivity contribution in [1.82, 2.24) is 14.8 Å². The summed E-state index contributed by atoms with van der Waals surface area (Å²) >= 11 is 0. The number of carbonyl (C=O) groups excluding carboxylic acids is 1. The molecule has 4 rings (SSSR count). The summed E-state index contributed by atoms with van der Waals surface area (Å²) < 4.78 is 11.3. The zero-order valence-corrected chi connectivity index (χ0v) is 16.4. The number of aromatic nitrogens is 1. The summed E-state index contributed by atoms with van der Waals surface area (Å²) in [5.41, 5.74) is 1.04. The lowest BCUT2D eigenvalue weighted by molar-refractivity contribution is 0.102. The topological polar surface area (TPSA) is 70.8 Å². The second-order valence-corrected chi connectivity index (χ2v) is 7.67. The van der Waals surface area contributed by atoms with Crippen LogP contribution < -0.4 is 10.1 Å². The number of carbonyl (C=O) groups is 1. The highest BCUT2D eigenvalue weighted by Crippen LogP contribution is 2.35. The Labute approximate surface area is 165 Å². The summed E-state index contributed by atoms with van der Waals surface area (Å²) in [6.07, 6.45) is 4.84. The van der Waals surface area contributed by atoms with Crippen LogP contribution in [0.5, 0.6) is 5.75 Å². The maximum Gasteiger partial charge on any atom is 0.277 e. The Morgan fingerprint density at radius 3 is 2.64 bits per heavy atom. The summed E-state index contributed by atoms with van der Waals surface area (Å²) in [6.45, 7) is 6.01. The largest absolute Gasteiger partial charge is 0.492 e. The number of anilines is 1. The molecule has 2 fully saturated rings. The van der Waals surface area contributed by atoms with Gasteiger partial charge in [0.2, 0.25) is 0 Å². The number of piperazine rings is 1. The van der Waals surface area contributed by atoms with Crippen LogP contribution >= 0.6 is 0 Å². The molecule has 2 heterocycles. The van der Waals surface area contributed by atoms with Crippen molar-refractivity contribution in [1.29, 1.82) is 0 Å². The average molecular weight is 384 g/mol. The van der Waals surface area contributed by atoms with E-state index in [1.54, 1.807) is 0 Å². The minimum Gasteiger partial charge on any atom is -0.492 e. The molecule has 150 valence electrons. The number of rotatable bonds is 7. The molecule has 7 nitrogen and oxygen atoms in total. The van der Waals surface area contributed by atoms with Gasteiger partial charge in [-0.2, -0.15) is 0 Å². The Morgan fingerprint density at radius 1 is 1.21 bits per heavy atom. The van der Waals surface area contributed by atoms with Crippen LogP contribution in [0.4, 0.5) is 5.69 Å². The van der Waals surface area contributed by atoms with Crippen LogP contribution in [0.15, 0.2) is 34.9 Å². The maximum atomic E-state index is 12.3. The van der Waals surface area contributed by atoms with Gasteiger partial charge in [-0.15, -0.1) is 0 Å². The zero-order valence-electron chi connectivity index (χ0n) is 16.4. The predicted octanol–water partition coefficient (Wildman–Crippen LogP) is 2.82. The fourth-order valence-electron chi connectivity index (χ4n) is 3.43. The van der Waals surface area contributed by atoms with E-state index in [1.807, 2.05) is 24.3 Å². The SMILES string of the molecule is CN1CCN(CCOc2ccc(NC(=O)c3coc(C4CCC4)n3)cc2)CC1. The van der Waals surface area contributed by atoms with Gasteiger partial charge in [-0.05, 0) is 44.2 Å². The van der Waals surface area contributed by atoms with Gasteiger partial charge >= 0.3 is 0 Å². The molecule has 0 spiro atoms. The van der Waals surface area contributed by atoms with Crippen molar-refractivity contribution in [2.24, 2.45) is 0 Å². The van der Waals surface area contributed by atoms with Gasteiger partial charge in [0.25, 0.3) is 5.91 Å². The Kier molecular flexibility index (Phi) is 5.92. The van der Waals surface area contributed by atoms with Crippen LogP contribution in [-0.4, -0.2) is 67.1 Å². The first-order valence-corrected chi connectivity index (χ1v) is 10.1. The number of nitrogens with one attached hydrogen (secondary N) is 1. The Hall–Kier alpha value is -2.38. The normalized spacial score (nSPS) is 18.6. The third kappa shape index (κ3) is 4.72. The van der Waals surface area contributed by atoms with Crippen LogP contribution in [0.1, 0.15) is 41.6 Å². The summed E-state index contributed by atoms with van der Waals surface area (Å²) in [5, 5.41) is 2.86. The first-order valence-electron chi connectivity index (χ1n) is 10.1. The van der Waals surface area contributed by atoms with E-state index in [0.717, 1.165) is 51.3 Å². The van der Waals surface area contributed by atoms with E-state index < -0.39 is 0 Å². The third-order valence-electron chi connectivity index (χ3n) is 5.59. The van der Waals surface area contributed by atoms with Gasteiger partial charge in [0, 0.05) is 44.3 Å². The highest BCUT2D eigenvalue weighted by Gasteiger charge is 2.25. The molecule has 0 unspecified atom stereocenters. The number of benzene rings is 1. The standard InChI is InChI=1S/C21H28N4O3/c1-24-9-11-25(12-10-24)13-14-27-18-7-5-17(6-8-18)22-20(26)19-15-28-21(23-19)16-3-2-4-16/h5-8,15-16H,2-4,9-14H2,1H3,(H,22,26). The van der Waals surface area contributed by atoms with Crippen molar-refractivity contribution in [3.05, 3.63) is 42.1 Å². The Bertz CT molecular complexity index is 777. The van der Waals surface area contributed by atoms with Crippen molar-refractivity contribution in [2.75, 3.05) is 51.7 Å². The minimum absolute atomic E-state index is 0.252. The summed E-state index contributed by atoms with van der Waals surface area (Å²) in [6, 6.07) is 7.44. The van der Waals surface area contributed by atoms with E-state index in [1.165, 1.54) is 12.7 Å². The Balaban J connectivity index is 1.22. The lowest BCUT2D eigenvalue weighted by Crippen LogP contribution is -2.45. The molecule has 1 N–H and O–H groups in total. The van der Waals surface area contributed by atoms with Crippen LogP contribution in [0.25, 0.3) is 0 Å². The van der Waals surface area contributed by atoms with Crippen LogP contribution in [0.3, 0.4) is 0 Å². The fraction of sp³-hybridized carbons (Fsp3) is 0.524. The van der Waals surface area contributed by atoms with E-state index >= 15 is 0 Å². The van der Waals surface area contributed by atoms with Gasteiger partial charge in [0.05, 0.1) is 0 Å². The molecule has 1 saturated carbocycles. The molecule has 1 aromatic carbocycles. The lowest BCUT2D eigenvalue weighted by atomic mass is 9.85. The monoisotopic (exact) mass is 384 g/mol. The van der Waals surface area contributed by atoms with Crippen LogP contribution in [0, 0.1) is 0 Å². The molecule has 1 aromatic heterocycles. The molecular formula is C21H28N4O3. The molecular weight excluding hydrogens is 356 g/mol. The molecule has 1 saturated heterocycles.